The average molecular weight is 372 g/mol. The molecule has 0 bridgehead atoms. The van der Waals surface area contributed by atoms with E-state index in [9.17, 15) is 8.42 Å². The molecule has 0 amide bonds. The number of piperazine rings is 1. The Labute approximate surface area is 155 Å². The molecule has 0 radical (unpaired) electrons. The predicted molar refractivity (Wildman–Crippen MR) is 104 cm³/mol. The molecular weight excluding hydrogens is 346 g/mol. The van der Waals surface area contributed by atoms with Gasteiger partial charge in [-0.15, -0.1) is 0 Å². The summed E-state index contributed by atoms with van der Waals surface area (Å²) in [6.45, 7) is 5.51. The summed E-state index contributed by atoms with van der Waals surface area (Å²) in [5.74, 6) is 0. The molecule has 6 heteroatoms. The minimum atomic E-state index is -3.44. The van der Waals surface area contributed by atoms with Gasteiger partial charge in [0.05, 0.1) is 4.90 Å². The van der Waals surface area contributed by atoms with Gasteiger partial charge >= 0.3 is 0 Å². The second-order valence-electron chi connectivity index (χ2n) is 7.31. The second kappa shape index (κ2) is 6.68. The van der Waals surface area contributed by atoms with Crippen LogP contribution < -0.4 is 4.90 Å². The molecule has 5 nitrogen and oxygen atoms in total. The van der Waals surface area contributed by atoms with Crippen LogP contribution in [0.15, 0.2) is 53.4 Å². The van der Waals surface area contributed by atoms with E-state index in [2.05, 4.69) is 41.1 Å². The minimum Gasteiger partial charge on any atom is -0.373 e. The lowest BCUT2D eigenvalue weighted by Gasteiger charge is -2.40. The van der Waals surface area contributed by atoms with Crippen LogP contribution in [-0.4, -0.2) is 56.9 Å². The normalized spacial score (nSPS) is 21.8. The van der Waals surface area contributed by atoms with Crippen molar-refractivity contribution in [2.24, 2.45) is 0 Å². The summed E-state index contributed by atoms with van der Waals surface area (Å²) in [7, 11) is -1.34. The van der Waals surface area contributed by atoms with Gasteiger partial charge in [-0.1, -0.05) is 35.9 Å². The first kappa shape index (κ1) is 17.5. The minimum absolute atomic E-state index is 0.196. The lowest BCUT2D eigenvalue weighted by atomic mass is 10.1. The van der Waals surface area contributed by atoms with Gasteiger partial charge in [-0.05, 0) is 30.7 Å². The highest BCUT2D eigenvalue weighted by molar-refractivity contribution is 7.89. The highest BCUT2D eigenvalue weighted by Crippen LogP contribution is 2.29. The molecule has 0 N–H and O–H groups in total. The largest absolute Gasteiger partial charge is 0.373 e. The summed E-state index contributed by atoms with van der Waals surface area (Å²) < 4.78 is 27.8. The van der Waals surface area contributed by atoms with Gasteiger partial charge in [0.1, 0.15) is 0 Å². The number of sulfonamides is 1. The van der Waals surface area contributed by atoms with Gasteiger partial charge in [0.15, 0.2) is 0 Å². The van der Waals surface area contributed by atoms with Crippen molar-refractivity contribution in [2.45, 2.75) is 24.4 Å². The SMILES string of the molecule is Cc1ccc(S(=O)(=O)N2CCN3Cc4ccccc4N(C)CC3C2)cc1. The van der Waals surface area contributed by atoms with Gasteiger partial charge in [0.2, 0.25) is 10.0 Å². The van der Waals surface area contributed by atoms with Crippen LogP contribution in [0.3, 0.4) is 0 Å². The zero-order valence-corrected chi connectivity index (χ0v) is 16.1. The summed E-state index contributed by atoms with van der Waals surface area (Å²) in [6.07, 6.45) is 0. The number of hydrogen-bond donors (Lipinski definition) is 0. The molecule has 0 aliphatic carbocycles. The number of nitrogens with zero attached hydrogens (tertiary/aromatic N) is 3. The first-order chi connectivity index (χ1) is 12.4. The number of anilines is 1. The maximum Gasteiger partial charge on any atom is 0.243 e. The van der Waals surface area contributed by atoms with Crippen LogP contribution in [0.25, 0.3) is 0 Å². The molecule has 4 rings (SSSR count). The molecule has 26 heavy (non-hydrogen) atoms. The van der Waals surface area contributed by atoms with Crippen LogP contribution in [0.5, 0.6) is 0 Å². The first-order valence-corrected chi connectivity index (χ1v) is 10.5. The van der Waals surface area contributed by atoms with Crippen molar-refractivity contribution in [3.05, 3.63) is 59.7 Å². The van der Waals surface area contributed by atoms with Crippen molar-refractivity contribution < 1.29 is 8.42 Å². The Hall–Kier alpha value is -1.89. The number of fused-ring (bicyclic) bond motifs is 2. The molecular formula is C20H25N3O2S. The highest BCUT2D eigenvalue weighted by atomic mass is 32.2. The van der Waals surface area contributed by atoms with Crippen LogP contribution in [0.4, 0.5) is 5.69 Å². The third-order valence-electron chi connectivity index (χ3n) is 5.49. The topological polar surface area (TPSA) is 43.9 Å². The van der Waals surface area contributed by atoms with Crippen molar-refractivity contribution in [2.75, 3.05) is 38.1 Å². The fraction of sp³-hybridized carbons (Fsp3) is 0.400. The fourth-order valence-electron chi connectivity index (χ4n) is 3.97. The number of aryl methyl sites for hydroxylation is 1. The van der Waals surface area contributed by atoms with Gasteiger partial charge in [-0.2, -0.15) is 4.31 Å². The van der Waals surface area contributed by atoms with Gasteiger partial charge in [-0.3, -0.25) is 4.90 Å². The summed E-state index contributed by atoms with van der Waals surface area (Å²) in [6, 6.07) is 15.8. The van der Waals surface area contributed by atoms with Gasteiger partial charge in [0, 0.05) is 51.5 Å². The molecule has 2 aromatic rings. The molecule has 0 saturated carbocycles. The van der Waals surface area contributed by atoms with E-state index >= 15 is 0 Å². The van der Waals surface area contributed by atoms with Crippen LogP contribution in [0.2, 0.25) is 0 Å². The Morgan fingerprint density at radius 2 is 1.69 bits per heavy atom. The molecule has 1 atom stereocenters. The number of hydrogen-bond acceptors (Lipinski definition) is 4. The summed E-state index contributed by atoms with van der Waals surface area (Å²) in [4.78, 5) is 5.06. The smallest absolute Gasteiger partial charge is 0.243 e. The zero-order chi connectivity index (χ0) is 18.3. The van der Waals surface area contributed by atoms with Gasteiger partial charge in [-0.25, -0.2) is 8.42 Å². The zero-order valence-electron chi connectivity index (χ0n) is 15.3. The lowest BCUT2D eigenvalue weighted by Crippen LogP contribution is -2.56. The van der Waals surface area contributed by atoms with Crippen molar-refractivity contribution in [1.29, 1.82) is 0 Å². The fourth-order valence-corrected chi connectivity index (χ4v) is 5.44. The molecule has 2 aliphatic heterocycles. The van der Waals surface area contributed by atoms with Gasteiger partial charge < -0.3 is 4.90 Å². The van der Waals surface area contributed by atoms with Crippen LogP contribution >= 0.6 is 0 Å². The van der Waals surface area contributed by atoms with E-state index < -0.39 is 10.0 Å². The van der Waals surface area contributed by atoms with E-state index in [1.165, 1.54) is 11.3 Å². The third kappa shape index (κ3) is 3.13. The first-order valence-electron chi connectivity index (χ1n) is 9.05. The average Bonchev–Trinajstić information content (AvgIpc) is 2.77. The molecule has 0 aromatic heterocycles. The predicted octanol–water partition coefficient (Wildman–Crippen LogP) is 2.32. The molecule has 2 aliphatic rings. The number of benzene rings is 2. The van der Waals surface area contributed by atoms with Crippen molar-refractivity contribution in [3.63, 3.8) is 0 Å². The van der Waals surface area contributed by atoms with Gasteiger partial charge in [0.25, 0.3) is 0 Å². The number of rotatable bonds is 2. The Balaban J connectivity index is 1.57. The Morgan fingerprint density at radius 1 is 0.962 bits per heavy atom. The van der Waals surface area contributed by atoms with E-state index in [1.807, 2.05) is 19.1 Å². The molecule has 1 fully saturated rings. The lowest BCUT2D eigenvalue weighted by molar-refractivity contribution is 0.118. The van der Waals surface area contributed by atoms with E-state index in [0.717, 1.165) is 25.2 Å². The van der Waals surface area contributed by atoms with Crippen molar-refractivity contribution in [3.8, 4) is 0 Å². The molecule has 1 saturated heterocycles. The standard InChI is InChI=1S/C20H25N3O2S/c1-16-7-9-19(10-8-16)26(24,25)23-12-11-22-13-17-5-3-4-6-20(17)21(2)14-18(22)15-23/h3-10,18H,11-15H2,1-2H3. The van der Waals surface area contributed by atoms with Crippen LogP contribution in [0.1, 0.15) is 11.1 Å². The Morgan fingerprint density at radius 3 is 2.46 bits per heavy atom. The molecule has 0 spiro atoms. The Kier molecular flexibility index (Phi) is 4.50. The van der Waals surface area contributed by atoms with Crippen molar-refractivity contribution in [1.82, 2.24) is 9.21 Å². The second-order valence-corrected chi connectivity index (χ2v) is 9.25. The number of para-hydroxylation sites is 1. The Bertz CT molecular complexity index is 896. The molecule has 2 heterocycles. The maximum atomic E-state index is 13.1. The summed E-state index contributed by atoms with van der Waals surface area (Å²) in [5.41, 5.74) is 3.62. The summed E-state index contributed by atoms with van der Waals surface area (Å²) >= 11 is 0. The van der Waals surface area contributed by atoms with Crippen molar-refractivity contribution >= 4 is 15.7 Å². The van der Waals surface area contributed by atoms with Crippen LogP contribution in [-0.2, 0) is 16.6 Å². The highest BCUT2D eigenvalue weighted by Gasteiger charge is 2.36. The molecule has 138 valence electrons. The van der Waals surface area contributed by atoms with E-state index in [1.54, 1.807) is 16.4 Å². The quantitative estimate of drug-likeness (QED) is 0.813. The third-order valence-corrected chi connectivity index (χ3v) is 7.37. The van der Waals surface area contributed by atoms with E-state index in [0.29, 0.717) is 18.0 Å². The van der Waals surface area contributed by atoms with E-state index in [4.69, 9.17) is 0 Å². The molecule has 1 unspecified atom stereocenters. The van der Waals surface area contributed by atoms with Crippen LogP contribution in [0, 0.1) is 6.92 Å². The number of likely N-dealkylation sites (N-methyl/N-ethyl adjacent to an activating group) is 1. The molecule has 2 aromatic carbocycles. The maximum absolute atomic E-state index is 13.1. The van der Waals surface area contributed by atoms with E-state index in [-0.39, 0.29) is 6.04 Å². The monoisotopic (exact) mass is 371 g/mol. The summed E-state index contributed by atoms with van der Waals surface area (Å²) in [5, 5.41) is 0.